The van der Waals surface area contributed by atoms with Crippen molar-refractivity contribution >= 4 is 35.3 Å². The van der Waals surface area contributed by atoms with E-state index in [1.54, 1.807) is 49.8 Å². The van der Waals surface area contributed by atoms with Crippen molar-refractivity contribution in [1.29, 1.82) is 0 Å². The molecule has 4 rings (SSSR count). The van der Waals surface area contributed by atoms with Crippen LogP contribution >= 0.6 is 11.8 Å². The topological polar surface area (TPSA) is 109 Å². The van der Waals surface area contributed by atoms with Gasteiger partial charge in [0.25, 0.3) is 5.56 Å². The molecule has 10 heteroatoms. The molecule has 2 aromatic carbocycles. The number of para-hydroxylation sites is 1. The number of ether oxygens (including phenoxy) is 2. The fourth-order valence-electron chi connectivity index (χ4n) is 3.80. The average Bonchev–Trinajstić information content (AvgIpc) is 3.27. The first-order valence-corrected chi connectivity index (χ1v) is 12.0. The van der Waals surface area contributed by atoms with Gasteiger partial charge in [-0.05, 0) is 38.1 Å². The number of benzene rings is 2. The van der Waals surface area contributed by atoms with Crippen LogP contribution in [0.4, 0.5) is 5.69 Å². The molecule has 1 N–H and O–H groups in total. The van der Waals surface area contributed by atoms with Gasteiger partial charge in [-0.2, -0.15) is 0 Å². The fourth-order valence-corrected chi connectivity index (χ4v) is 4.64. The van der Waals surface area contributed by atoms with Crippen molar-refractivity contribution in [1.82, 2.24) is 9.36 Å². The molecule has 0 aliphatic carbocycles. The number of amides is 1. The average molecular weight is 496 g/mol. The zero-order chi connectivity index (χ0) is 25.1. The second kappa shape index (κ2) is 10.2. The number of nitrogens with one attached hydrogen (secondary N) is 1. The van der Waals surface area contributed by atoms with Crippen molar-refractivity contribution in [2.45, 2.75) is 37.4 Å². The van der Waals surface area contributed by atoms with Crippen LogP contribution in [0.3, 0.4) is 0 Å². The van der Waals surface area contributed by atoms with Gasteiger partial charge in [0.2, 0.25) is 12.0 Å². The van der Waals surface area contributed by atoms with Crippen LogP contribution in [0, 0.1) is 6.92 Å². The lowest BCUT2D eigenvalue weighted by Crippen LogP contribution is -2.24. The molecule has 0 saturated carbocycles. The lowest BCUT2D eigenvalue weighted by Gasteiger charge is -2.11. The molecule has 0 bridgehead atoms. The minimum atomic E-state index is -0.938. The minimum absolute atomic E-state index is 0.0358. The van der Waals surface area contributed by atoms with Gasteiger partial charge in [0, 0.05) is 18.4 Å². The summed E-state index contributed by atoms with van der Waals surface area (Å²) in [6.45, 7) is 3.49. The summed E-state index contributed by atoms with van der Waals surface area (Å²) in [5, 5.41) is 2.71. The predicted molar refractivity (Wildman–Crippen MR) is 131 cm³/mol. The predicted octanol–water partition coefficient (Wildman–Crippen LogP) is 3.08. The molecule has 0 radical (unpaired) electrons. The van der Waals surface area contributed by atoms with Crippen molar-refractivity contribution in [2.75, 3.05) is 11.1 Å². The van der Waals surface area contributed by atoms with E-state index >= 15 is 0 Å². The summed E-state index contributed by atoms with van der Waals surface area (Å²) in [7, 11) is 1.75. The van der Waals surface area contributed by atoms with Crippen LogP contribution in [0.15, 0.2) is 64.3 Å². The van der Waals surface area contributed by atoms with Crippen molar-refractivity contribution < 1.29 is 23.9 Å². The van der Waals surface area contributed by atoms with Crippen LogP contribution < -0.4 is 10.9 Å². The number of thioether (sulfide) groups is 1. The number of aromatic nitrogens is 2. The maximum atomic E-state index is 13.0. The smallest absolute Gasteiger partial charge is 0.347 e. The second-order valence-electron chi connectivity index (χ2n) is 8.15. The summed E-state index contributed by atoms with van der Waals surface area (Å²) in [5.74, 6) is -1.65. The lowest BCUT2D eigenvalue weighted by atomic mass is 10.2. The molecule has 2 heterocycles. The SMILES string of the molecule is Cc1c(NC(=O)CSc2ccccc2C(=O)O[C@H]2C[C@@H](C)OC2=O)c(=O)n(-c2ccccc2)n1C. The van der Waals surface area contributed by atoms with Crippen LogP contribution in [-0.2, 0) is 26.1 Å². The molecule has 1 aromatic heterocycles. The Morgan fingerprint density at radius 3 is 2.49 bits per heavy atom. The molecule has 0 unspecified atom stereocenters. The van der Waals surface area contributed by atoms with E-state index in [0.717, 1.165) is 11.8 Å². The maximum Gasteiger partial charge on any atom is 0.347 e. The van der Waals surface area contributed by atoms with Crippen molar-refractivity contribution in [3.8, 4) is 5.69 Å². The molecule has 3 aromatic rings. The van der Waals surface area contributed by atoms with Crippen LogP contribution in [0.5, 0.6) is 0 Å². The summed E-state index contributed by atoms with van der Waals surface area (Å²) >= 11 is 1.14. The number of carbonyl (C=O) groups excluding carboxylic acids is 3. The highest BCUT2D eigenvalue weighted by atomic mass is 32.2. The van der Waals surface area contributed by atoms with E-state index < -0.39 is 23.9 Å². The van der Waals surface area contributed by atoms with E-state index in [-0.39, 0.29) is 28.7 Å². The number of esters is 2. The Kier molecular flexibility index (Phi) is 7.11. The molecule has 1 aliphatic rings. The summed E-state index contributed by atoms with van der Waals surface area (Å²) < 4.78 is 13.5. The van der Waals surface area contributed by atoms with Gasteiger partial charge < -0.3 is 14.8 Å². The summed E-state index contributed by atoms with van der Waals surface area (Å²) in [4.78, 5) is 50.7. The Labute approximate surface area is 206 Å². The van der Waals surface area contributed by atoms with Gasteiger partial charge in [0.15, 0.2) is 0 Å². The molecule has 1 aliphatic heterocycles. The van der Waals surface area contributed by atoms with E-state index in [1.165, 1.54) is 4.68 Å². The number of rotatable bonds is 7. The molecular formula is C25H25N3O6S. The van der Waals surface area contributed by atoms with E-state index in [0.29, 0.717) is 22.7 Å². The van der Waals surface area contributed by atoms with Gasteiger partial charge in [-0.3, -0.25) is 14.3 Å². The van der Waals surface area contributed by atoms with Gasteiger partial charge >= 0.3 is 11.9 Å². The quantitative estimate of drug-likeness (QED) is 0.396. The standard InChI is InChI=1S/C25H25N3O6S/c1-15-13-19(25(32)33-15)34-24(31)18-11-7-8-12-20(18)35-14-21(29)26-22-16(2)27(3)28(23(22)30)17-9-5-4-6-10-17/h4-12,15,19H,13-14H2,1-3H3,(H,26,29)/t15-,19+/m1/s1. The van der Waals surface area contributed by atoms with E-state index in [9.17, 15) is 19.2 Å². The van der Waals surface area contributed by atoms with E-state index in [1.807, 2.05) is 30.3 Å². The van der Waals surface area contributed by atoms with E-state index in [4.69, 9.17) is 9.47 Å². The number of cyclic esters (lactones) is 1. The molecule has 9 nitrogen and oxygen atoms in total. The summed E-state index contributed by atoms with van der Waals surface area (Å²) in [5.41, 5.74) is 1.41. The molecule has 1 saturated heterocycles. The highest BCUT2D eigenvalue weighted by Gasteiger charge is 2.35. The molecule has 2 atom stereocenters. The Balaban J connectivity index is 1.45. The van der Waals surface area contributed by atoms with Crippen LogP contribution in [0.25, 0.3) is 5.69 Å². The monoisotopic (exact) mass is 495 g/mol. The number of carbonyl (C=O) groups is 3. The Morgan fingerprint density at radius 1 is 1.11 bits per heavy atom. The number of hydrogen-bond acceptors (Lipinski definition) is 7. The molecular weight excluding hydrogens is 470 g/mol. The summed E-state index contributed by atoms with van der Waals surface area (Å²) in [6, 6.07) is 15.8. The fraction of sp³-hybridized carbons (Fsp3) is 0.280. The lowest BCUT2D eigenvalue weighted by molar-refractivity contribution is -0.147. The minimum Gasteiger partial charge on any atom is -0.460 e. The van der Waals surface area contributed by atoms with Gasteiger partial charge in [0.05, 0.1) is 22.7 Å². The normalized spacial score (nSPS) is 17.2. The molecule has 182 valence electrons. The van der Waals surface area contributed by atoms with Crippen molar-refractivity contribution in [3.63, 3.8) is 0 Å². The Morgan fingerprint density at radius 2 is 1.80 bits per heavy atom. The highest BCUT2D eigenvalue weighted by molar-refractivity contribution is 8.00. The van der Waals surface area contributed by atoms with Crippen LogP contribution in [-0.4, -0.2) is 45.2 Å². The third-order valence-corrected chi connectivity index (χ3v) is 6.73. The number of hydrogen-bond donors (Lipinski definition) is 1. The highest BCUT2D eigenvalue weighted by Crippen LogP contribution is 2.26. The zero-order valence-electron chi connectivity index (χ0n) is 19.5. The van der Waals surface area contributed by atoms with Gasteiger partial charge in [-0.1, -0.05) is 30.3 Å². The number of anilines is 1. The molecule has 1 amide bonds. The number of nitrogens with zero attached hydrogens (tertiary/aromatic N) is 2. The Bertz CT molecular complexity index is 1330. The van der Waals surface area contributed by atoms with Gasteiger partial charge in [-0.15, -0.1) is 11.8 Å². The van der Waals surface area contributed by atoms with Crippen LogP contribution in [0.2, 0.25) is 0 Å². The third-order valence-electron chi connectivity index (χ3n) is 5.66. The van der Waals surface area contributed by atoms with Crippen molar-refractivity contribution in [3.05, 3.63) is 76.2 Å². The Hall–Kier alpha value is -3.79. The van der Waals surface area contributed by atoms with Gasteiger partial charge in [-0.25, -0.2) is 14.3 Å². The summed E-state index contributed by atoms with van der Waals surface area (Å²) in [6.07, 6.45) is -0.938. The second-order valence-corrected chi connectivity index (χ2v) is 9.16. The van der Waals surface area contributed by atoms with Crippen LogP contribution in [0.1, 0.15) is 29.4 Å². The molecule has 35 heavy (non-hydrogen) atoms. The maximum absolute atomic E-state index is 13.0. The first-order chi connectivity index (χ1) is 16.8. The first kappa shape index (κ1) is 24.3. The first-order valence-electron chi connectivity index (χ1n) is 11.0. The van der Waals surface area contributed by atoms with Gasteiger partial charge in [0.1, 0.15) is 11.8 Å². The van der Waals surface area contributed by atoms with Crippen molar-refractivity contribution in [2.24, 2.45) is 7.05 Å². The zero-order valence-corrected chi connectivity index (χ0v) is 20.3. The van der Waals surface area contributed by atoms with E-state index in [2.05, 4.69) is 5.32 Å². The molecule has 1 fully saturated rings. The molecule has 0 spiro atoms. The third kappa shape index (κ3) is 5.17. The largest absolute Gasteiger partial charge is 0.460 e.